The molecule has 20 heavy (non-hydrogen) atoms. The van der Waals surface area contributed by atoms with E-state index in [4.69, 9.17) is 5.73 Å². The summed E-state index contributed by atoms with van der Waals surface area (Å²) in [6, 6.07) is 3.55. The van der Waals surface area contributed by atoms with E-state index in [1.165, 1.54) is 42.9 Å². The lowest BCUT2D eigenvalue weighted by atomic mass is 10.1. The number of nitrogens with two attached hydrogens (primary N) is 1. The Balaban J connectivity index is 1.69. The Morgan fingerprint density at radius 1 is 1.45 bits per heavy atom. The Bertz CT molecular complexity index is 513. The van der Waals surface area contributed by atoms with E-state index in [0.29, 0.717) is 12.6 Å². The zero-order chi connectivity index (χ0) is 13.9. The average molecular weight is 289 g/mol. The van der Waals surface area contributed by atoms with Crippen molar-refractivity contribution in [2.75, 3.05) is 26.2 Å². The van der Waals surface area contributed by atoms with E-state index < -0.39 is 0 Å². The molecule has 0 aromatic carbocycles. The first-order valence-electron chi connectivity index (χ1n) is 7.51. The highest BCUT2D eigenvalue weighted by atomic mass is 32.1. The molecule has 0 saturated carbocycles. The van der Waals surface area contributed by atoms with Crippen molar-refractivity contribution < 1.29 is 0 Å². The standard InChI is InChI=1S/C16H23N3S/c1-13-10-18-8-3-5-15(18)11-19(13)12-16-14(4-2-7-17)6-9-20-16/h6,9,13,15H,3,5,7-8,10-12,17H2,1H3. The molecule has 0 spiro atoms. The van der Waals surface area contributed by atoms with E-state index in [1.54, 1.807) is 0 Å². The highest BCUT2D eigenvalue weighted by Gasteiger charge is 2.34. The van der Waals surface area contributed by atoms with Crippen molar-refractivity contribution in [3.05, 3.63) is 21.9 Å². The second-order valence-corrected chi connectivity index (χ2v) is 6.83. The van der Waals surface area contributed by atoms with E-state index in [1.807, 2.05) is 11.3 Å². The second-order valence-electron chi connectivity index (χ2n) is 5.83. The van der Waals surface area contributed by atoms with Gasteiger partial charge in [0.1, 0.15) is 0 Å². The molecule has 2 aliphatic heterocycles. The maximum absolute atomic E-state index is 5.47. The molecule has 2 aliphatic rings. The van der Waals surface area contributed by atoms with Gasteiger partial charge in [-0.15, -0.1) is 11.3 Å². The summed E-state index contributed by atoms with van der Waals surface area (Å²) in [7, 11) is 0. The zero-order valence-corrected chi connectivity index (χ0v) is 13.0. The molecule has 4 heteroatoms. The zero-order valence-electron chi connectivity index (χ0n) is 12.1. The molecule has 0 aliphatic carbocycles. The number of nitrogens with zero attached hydrogens (tertiary/aromatic N) is 2. The van der Waals surface area contributed by atoms with E-state index in [0.717, 1.165) is 12.6 Å². The molecule has 0 bridgehead atoms. The van der Waals surface area contributed by atoms with Crippen LogP contribution in [-0.4, -0.2) is 48.1 Å². The maximum Gasteiger partial charge on any atom is 0.0555 e. The third-order valence-corrected chi connectivity index (χ3v) is 5.39. The van der Waals surface area contributed by atoms with Gasteiger partial charge in [0.25, 0.3) is 0 Å². The predicted molar refractivity (Wildman–Crippen MR) is 84.7 cm³/mol. The van der Waals surface area contributed by atoms with Crippen LogP contribution in [0.1, 0.15) is 30.2 Å². The van der Waals surface area contributed by atoms with E-state index in [-0.39, 0.29) is 0 Å². The predicted octanol–water partition coefficient (Wildman–Crippen LogP) is 1.73. The molecular weight excluding hydrogens is 266 g/mol. The van der Waals surface area contributed by atoms with Crippen LogP contribution < -0.4 is 5.73 Å². The van der Waals surface area contributed by atoms with Crippen LogP contribution in [0.25, 0.3) is 0 Å². The van der Waals surface area contributed by atoms with Crippen LogP contribution in [0.4, 0.5) is 0 Å². The summed E-state index contributed by atoms with van der Waals surface area (Å²) in [5.41, 5.74) is 6.64. The van der Waals surface area contributed by atoms with E-state index in [9.17, 15) is 0 Å². The number of thiophene rings is 1. The van der Waals surface area contributed by atoms with Crippen molar-refractivity contribution in [2.45, 2.75) is 38.4 Å². The first-order valence-corrected chi connectivity index (χ1v) is 8.39. The average Bonchev–Trinajstić information content (AvgIpc) is 3.06. The first-order chi connectivity index (χ1) is 9.78. The van der Waals surface area contributed by atoms with Gasteiger partial charge in [-0.25, -0.2) is 0 Å². The van der Waals surface area contributed by atoms with Gasteiger partial charge in [0.15, 0.2) is 0 Å². The number of hydrogen-bond acceptors (Lipinski definition) is 4. The molecular formula is C16H23N3S. The lowest BCUT2D eigenvalue weighted by Gasteiger charge is -2.42. The molecule has 3 rings (SSSR count). The lowest BCUT2D eigenvalue weighted by Crippen LogP contribution is -2.54. The number of fused-ring (bicyclic) bond motifs is 1. The fraction of sp³-hybridized carbons (Fsp3) is 0.625. The van der Waals surface area contributed by atoms with Crippen LogP contribution in [0.5, 0.6) is 0 Å². The summed E-state index contributed by atoms with van der Waals surface area (Å²) in [6.07, 6.45) is 2.74. The molecule has 2 saturated heterocycles. The third kappa shape index (κ3) is 2.91. The van der Waals surface area contributed by atoms with Gasteiger partial charge in [-0.3, -0.25) is 9.80 Å². The lowest BCUT2D eigenvalue weighted by molar-refractivity contribution is 0.0547. The Morgan fingerprint density at radius 2 is 2.35 bits per heavy atom. The topological polar surface area (TPSA) is 32.5 Å². The van der Waals surface area contributed by atoms with Gasteiger partial charge in [-0.1, -0.05) is 11.8 Å². The summed E-state index contributed by atoms with van der Waals surface area (Å²) in [4.78, 5) is 6.70. The third-order valence-electron chi connectivity index (χ3n) is 4.48. The SMILES string of the molecule is CC1CN2CCCC2CN1Cc1sccc1C#CCN. The minimum atomic E-state index is 0.437. The van der Waals surface area contributed by atoms with Crippen molar-refractivity contribution in [1.82, 2.24) is 9.80 Å². The quantitative estimate of drug-likeness (QED) is 0.842. The molecule has 1 aromatic rings. The largest absolute Gasteiger partial charge is 0.320 e. The summed E-state index contributed by atoms with van der Waals surface area (Å²) < 4.78 is 0. The van der Waals surface area contributed by atoms with Gasteiger partial charge < -0.3 is 5.73 Å². The minimum absolute atomic E-state index is 0.437. The van der Waals surface area contributed by atoms with E-state index >= 15 is 0 Å². The minimum Gasteiger partial charge on any atom is -0.320 e. The summed E-state index contributed by atoms with van der Waals surface area (Å²) in [6.45, 7) is 7.56. The summed E-state index contributed by atoms with van der Waals surface area (Å²) in [5.74, 6) is 6.18. The van der Waals surface area contributed by atoms with Crippen LogP contribution >= 0.6 is 11.3 Å². The molecule has 0 radical (unpaired) electrons. The van der Waals surface area contributed by atoms with Gasteiger partial charge in [0.2, 0.25) is 0 Å². The molecule has 0 amide bonds. The molecule has 2 atom stereocenters. The number of rotatable bonds is 2. The molecule has 108 valence electrons. The monoisotopic (exact) mass is 289 g/mol. The van der Waals surface area contributed by atoms with Crippen LogP contribution in [0.15, 0.2) is 11.4 Å². The molecule has 2 N–H and O–H groups in total. The Kier molecular flexibility index (Phi) is 4.42. The molecule has 1 aromatic heterocycles. The van der Waals surface area contributed by atoms with Crippen molar-refractivity contribution in [3.63, 3.8) is 0 Å². The Morgan fingerprint density at radius 3 is 3.20 bits per heavy atom. The normalized spacial score (nSPS) is 27.1. The summed E-state index contributed by atoms with van der Waals surface area (Å²) >= 11 is 1.82. The molecule has 2 fully saturated rings. The summed E-state index contributed by atoms with van der Waals surface area (Å²) in [5, 5.41) is 2.15. The fourth-order valence-electron chi connectivity index (χ4n) is 3.37. The van der Waals surface area contributed by atoms with Crippen molar-refractivity contribution >= 4 is 11.3 Å². The number of hydrogen-bond donors (Lipinski definition) is 1. The maximum atomic E-state index is 5.47. The van der Waals surface area contributed by atoms with Gasteiger partial charge in [-0.2, -0.15) is 0 Å². The van der Waals surface area contributed by atoms with Gasteiger partial charge in [0.05, 0.1) is 6.54 Å². The highest BCUT2D eigenvalue weighted by molar-refractivity contribution is 7.10. The smallest absolute Gasteiger partial charge is 0.0555 e. The van der Waals surface area contributed by atoms with Crippen LogP contribution in [0, 0.1) is 11.8 Å². The van der Waals surface area contributed by atoms with Crippen LogP contribution in [0.3, 0.4) is 0 Å². The Hall–Kier alpha value is -0.860. The van der Waals surface area contributed by atoms with E-state index in [2.05, 4.69) is 40.0 Å². The van der Waals surface area contributed by atoms with Gasteiger partial charge in [-0.05, 0) is 37.8 Å². The molecule has 2 unspecified atom stereocenters. The van der Waals surface area contributed by atoms with Gasteiger partial charge >= 0.3 is 0 Å². The van der Waals surface area contributed by atoms with Crippen molar-refractivity contribution in [2.24, 2.45) is 5.73 Å². The fourth-order valence-corrected chi connectivity index (χ4v) is 4.23. The van der Waals surface area contributed by atoms with Crippen LogP contribution in [-0.2, 0) is 6.54 Å². The number of piperazine rings is 1. The molecule has 3 heterocycles. The van der Waals surface area contributed by atoms with Crippen molar-refractivity contribution in [3.8, 4) is 11.8 Å². The first kappa shape index (κ1) is 14.1. The molecule has 3 nitrogen and oxygen atoms in total. The highest BCUT2D eigenvalue weighted by Crippen LogP contribution is 2.27. The van der Waals surface area contributed by atoms with Crippen LogP contribution in [0.2, 0.25) is 0 Å². The van der Waals surface area contributed by atoms with Gasteiger partial charge in [0, 0.05) is 42.2 Å². The Labute approximate surface area is 125 Å². The van der Waals surface area contributed by atoms with Crippen molar-refractivity contribution in [1.29, 1.82) is 0 Å². The second kappa shape index (κ2) is 6.28.